The number of nitrogens with two attached hydrogens (primary N) is 1. The summed E-state index contributed by atoms with van der Waals surface area (Å²) < 4.78 is 13.2. The van der Waals surface area contributed by atoms with Gasteiger partial charge in [-0.3, -0.25) is 0 Å². The summed E-state index contributed by atoms with van der Waals surface area (Å²) in [6, 6.07) is 10.7. The van der Waals surface area contributed by atoms with Crippen LogP contribution in [0.3, 0.4) is 0 Å². The fraction of sp³-hybridized carbons (Fsp3) is 0.294. The maximum atomic E-state index is 13.2. The van der Waals surface area contributed by atoms with E-state index in [2.05, 4.69) is 32.0 Å². The van der Waals surface area contributed by atoms with Crippen LogP contribution >= 0.6 is 11.6 Å². The van der Waals surface area contributed by atoms with Crippen LogP contribution < -0.4 is 5.73 Å². The maximum Gasteiger partial charge on any atom is 0.123 e. The second kappa shape index (κ2) is 6.38. The van der Waals surface area contributed by atoms with Gasteiger partial charge in [0.15, 0.2) is 0 Å². The van der Waals surface area contributed by atoms with Crippen molar-refractivity contribution >= 4 is 11.6 Å². The van der Waals surface area contributed by atoms with Gasteiger partial charge in [-0.05, 0) is 56.0 Å². The minimum Gasteiger partial charge on any atom is -0.327 e. The van der Waals surface area contributed by atoms with Crippen molar-refractivity contribution < 1.29 is 4.39 Å². The molecular formula is C17H19ClFN. The Balaban J connectivity index is 2.08. The van der Waals surface area contributed by atoms with Gasteiger partial charge in [-0.15, -0.1) is 0 Å². The van der Waals surface area contributed by atoms with Gasteiger partial charge < -0.3 is 5.73 Å². The van der Waals surface area contributed by atoms with Gasteiger partial charge in [-0.2, -0.15) is 0 Å². The third-order valence-corrected chi connectivity index (χ3v) is 3.64. The van der Waals surface area contributed by atoms with Crippen LogP contribution in [0.15, 0.2) is 36.4 Å². The van der Waals surface area contributed by atoms with Crippen molar-refractivity contribution in [3.05, 3.63) is 69.5 Å². The highest BCUT2D eigenvalue weighted by Crippen LogP contribution is 2.19. The second-order valence-electron chi connectivity index (χ2n) is 5.40. The lowest BCUT2D eigenvalue weighted by atomic mass is 9.97. The Morgan fingerprint density at radius 2 is 1.70 bits per heavy atom. The SMILES string of the molecule is Cc1cc(C)cc(CC(N)Cc2cc(F)ccc2Cl)c1. The largest absolute Gasteiger partial charge is 0.327 e. The molecule has 2 aromatic carbocycles. The summed E-state index contributed by atoms with van der Waals surface area (Å²) in [5, 5.41) is 0.572. The van der Waals surface area contributed by atoms with E-state index in [0.717, 1.165) is 12.0 Å². The monoisotopic (exact) mass is 291 g/mol. The summed E-state index contributed by atoms with van der Waals surface area (Å²) in [5.74, 6) is -0.275. The van der Waals surface area contributed by atoms with Gasteiger partial charge in [0.25, 0.3) is 0 Å². The number of aryl methyl sites for hydroxylation is 2. The highest BCUT2D eigenvalue weighted by atomic mass is 35.5. The van der Waals surface area contributed by atoms with Crippen LogP contribution in [0.25, 0.3) is 0 Å². The average molecular weight is 292 g/mol. The highest BCUT2D eigenvalue weighted by molar-refractivity contribution is 6.31. The molecule has 0 amide bonds. The molecule has 1 atom stereocenters. The fourth-order valence-corrected chi connectivity index (χ4v) is 2.74. The summed E-state index contributed by atoms with van der Waals surface area (Å²) in [6.45, 7) is 4.15. The molecule has 0 saturated carbocycles. The van der Waals surface area contributed by atoms with E-state index in [9.17, 15) is 4.39 Å². The highest BCUT2D eigenvalue weighted by Gasteiger charge is 2.10. The van der Waals surface area contributed by atoms with Crippen LogP contribution in [-0.4, -0.2) is 6.04 Å². The Labute approximate surface area is 124 Å². The Hall–Kier alpha value is -1.38. The third-order valence-electron chi connectivity index (χ3n) is 3.27. The molecule has 0 spiro atoms. The van der Waals surface area contributed by atoms with Crippen LogP contribution in [0, 0.1) is 19.7 Å². The Morgan fingerprint density at radius 1 is 1.05 bits per heavy atom. The van der Waals surface area contributed by atoms with Gasteiger partial charge in [0.05, 0.1) is 0 Å². The van der Waals surface area contributed by atoms with E-state index in [4.69, 9.17) is 17.3 Å². The Kier molecular flexibility index (Phi) is 4.79. The van der Waals surface area contributed by atoms with Crippen LogP contribution in [0.5, 0.6) is 0 Å². The molecule has 0 saturated heterocycles. The van der Waals surface area contributed by atoms with Crippen molar-refractivity contribution in [3.8, 4) is 0 Å². The number of hydrogen-bond acceptors (Lipinski definition) is 1. The number of rotatable bonds is 4. The second-order valence-corrected chi connectivity index (χ2v) is 5.81. The molecule has 2 N–H and O–H groups in total. The van der Waals surface area contributed by atoms with Gasteiger partial charge in [0.1, 0.15) is 5.82 Å². The summed E-state index contributed by atoms with van der Waals surface area (Å²) in [7, 11) is 0. The molecule has 1 nitrogen and oxygen atoms in total. The molecule has 0 radical (unpaired) electrons. The molecule has 1 unspecified atom stereocenters. The number of halogens is 2. The number of benzene rings is 2. The molecular weight excluding hydrogens is 273 g/mol. The van der Waals surface area contributed by atoms with Crippen molar-refractivity contribution in [1.29, 1.82) is 0 Å². The summed E-state index contributed by atoms with van der Waals surface area (Å²) >= 11 is 6.07. The van der Waals surface area contributed by atoms with Gasteiger partial charge in [0.2, 0.25) is 0 Å². The smallest absolute Gasteiger partial charge is 0.123 e. The molecule has 0 aliphatic heterocycles. The first kappa shape index (κ1) is 15.0. The van der Waals surface area contributed by atoms with Crippen molar-refractivity contribution in [1.82, 2.24) is 0 Å². The first-order valence-corrected chi connectivity index (χ1v) is 7.08. The summed E-state index contributed by atoms with van der Waals surface area (Å²) in [4.78, 5) is 0. The Bertz CT molecular complexity index is 590. The van der Waals surface area contributed by atoms with E-state index in [1.807, 2.05) is 0 Å². The molecule has 0 fully saturated rings. The van der Waals surface area contributed by atoms with Crippen molar-refractivity contribution in [3.63, 3.8) is 0 Å². The van der Waals surface area contributed by atoms with Gasteiger partial charge in [-0.25, -0.2) is 4.39 Å². The van der Waals surface area contributed by atoms with Crippen LogP contribution in [0.1, 0.15) is 22.3 Å². The zero-order valence-electron chi connectivity index (χ0n) is 11.8. The molecule has 0 bridgehead atoms. The van der Waals surface area contributed by atoms with Crippen LogP contribution in [0.4, 0.5) is 4.39 Å². The van der Waals surface area contributed by atoms with E-state index in [0.29, 0.717) is 11.4 Å². The lowest BCUT2D eigenvalue weighted by Gasteiger charge is -2.14. The summed E-state index contributed by atoms with van der Waals surface area (Å²) in [5.41, 5.74) is 10.6. The van der Waals surface area contributed by atoms with Crippen LogP contribution in [0.2, 0.25) is 5.02 Å². The first-order valence-electron chi connectivity index (χ1n) is 6.70. The first-order chi connectivity index (χ1) is 9.44. The van der Waals surface area contributed by atoms with E-state index >= 15 is 0 Å². The van der Waals surface area contributed by atoms with Gasteiger partial charge in [0, 0.05) is 11.1 Å². The fourth-order valence-electron chi connectivity index (χ4n) is 2.54. The van der Waals surface area contributed by atoms with Crippen molar-refractivity contribution in [2.24, 2.45) is 5.73 Å². The van der Waals surface area contributed by atoms with Crippen molar-refractivity contribution in [2.45, 2.75) is 32.7 Å². The lowest BCUT2D eigenvalue weighted by Crippen LogP contribution is -2.25. The van der Waals surface area contributed by atoms with Gasteiger partial charge >= 0.3 is 0 Å². The molecule has 2 rings (SSSR count). The topological polar surface area (TPSA) is 26.0 Å². The normalized spacial score (nSPS) is 12.4. The third kappa shape index (κ3) is 4.06. The lowest BCUT2D eigenvalue weighted by molar-refractivity contribution is 0.618. The molecule has 0 aliphatic carbocycles. The predicted octanol–water partition coefficient (Wildman–Crippen LogP) is 4.21. The van der Waals surface area contributed by atoms with E-state index in [1.165, 1.54) is 28.8 Å². The van der Waals surface area contributed by atoms with E-state index < -0.39 is 0 Å². The zero-order chi connectivity index (χ0) is 14.7. The molecule has 20 heavy (non-hydrogen) atoms. The van der Waals surface area contributed by atoms with E-state index in [1.54, 1.807) is 6.07 Å². The minimum atomic E-state index is -0.275. The predicted molar refractivity (Wildman–Crippen MR) is 82.7 cm³/mol. The minimum absolute atomic E-state index is 0.0736. The molecule has 3 heteroatoms. The quantitative estimate of drug-likeness (QED) is 0.897. The Morgan fingerprint density at radius 3 is 2.35 bits per heavy atom. The number of hydrogen-bond donors (Lipinski definition) is 1. The average Bonchev–Trinajstić information content (AvgIpc) is 2.32. The molecule has 0 heterocycles. The molecule has 0 aromatic heterocycles. The maximum absolute atomic E-state index is 13.2. The standard InChI is InChI=1S/C17H19ClFN/c1-11-5-12(2)7-13(6-11)8-16(20)10-14-9-15(19)3-4-17(14)18/h3-7,9,16H,8,10,20H2,1-2H3. The molecule has 106 valence electrons. The summed E-state index contributed by atoms with van der Waals surface area (Å²) in [6.07, 6.45) is 1.33. The van der Waals surface area contributed by atoms with Crippen molar-refractivity contribution in [2.75, 3.05) is 0 Å². The molecule has 0 aliphatic rings. The molecule has 2 aromatic rings. The zero-order valence-corrected chi connectivity index (χ0v) is 12.5. The van der Waals surface area contributed by atoms with Gasteiger partial charge in [-0.1, -0.05) is 40.9 Å². The van der Waals surface area contributed by atoms with E-state index in [-0.39, 0.29) is 11.9 Å². The van der Waals surface area contributed by atoms with Crippen LogP contribution in [-0.2, 0) is 12.8 Å².